The summed E-state index contributed by atoms with van der Waals surface area (Å²) < 4.78 is 8.24. The fourth-order valence-electron chi connectivity index (χ4n) is 2.48. The second kappa shape index (κ2) is 4.62. The van der Waals surface area contributed by atoms with Crippen LogP contribution in [-0.4, -0.2) is 27.6 Å². The summed E-state index contributed by atoms with van der Waals surface area (Å²) >= 11 is 0. The Hall–Kier alpha value is -1.95. The van der Waals surface area contributed by atoms with Crippen LogP contribution in [-0.2, 0) is 11.8 Å². The third kappa shape index (κ3) is 2.08. The Morgan fingerprint density at radius 3 is 2.79 bits per heavy atom. The number of pyridine rings is 1. The first-order valence-corrected chi connectivity index (χ1v) is 6.33. The summed E-state index contributed by atoms with van der Waals surface area (Å²) in [5.41, 5.74) is -0.378. The smallest absolute Gasteiger partial charge is 0.274 e. The van der Waals surface area contributed by atoms with Crippen molar-refractivity contribution < 1.29 is 4.74 Å². The summed E-state index contributed by atoms with van der Waals surface area (Å²) in [5.74, 6) is 0. The van der Waals surface area contributed by atoms with Crippen LogP contribution in [0.15, 0.2) is 28.0 Å². The molecule has 0 spiro atoms. The minimum atomic E-state index is -0.242. The van der Waals surface area contributed by atoms with Crippen molar-refractivity contribution in [1.82, 2.24) is 14.3 Å². The molecule has 1 aliphatic heterocycles. The minimum Gasteiger partial charge on any atom is -0.381 e. The lowest BCUT2D eigenvalue weighted by atomic mass is 10.1. The average molecular weight is 261 g/mol. The zero-order valence-corrected chi connectivity index (χ0v) is 10.7. The van der Waals surface area contributed by atoms with Crippen LogP contribution in [0, 0.1) is 0 Å². The number of nitrogens with zero attached hydrogens (tertiary/aromatic N) is 3. The molecule has 6 heteroatoms. The summed E-state index contributed by atoms with van der Waals surface area (Å²) in [7, 11) is 1.58. The average Bonchev–Trinajstić information content (AvgIpc) is 2.44. The van der Waals surface area contributed by atoms with E-state index in [9.17, 15) is 9.59 Å². The number of aryl methyl sites for hydroxylation is 1. The van der Waals surface area contributed by atoms with Crippen molar-refractivity contribution in [2.75, 3.05) is 13.2 Å². The first-order valence-electron chi connectivity index (χ1n) is 6.33. The number of rotatable bonds is 1. The fourth-order valence-corrected chi connectivity index (χ4v) is 2.48. The molecule has 6 nitrogen and oxygen atoms in total. The van der Waals surface area contributed by atoms with Crippen LogP contribution in [0.25, 0.3) is 10.8 Å². The lowest BCUT2D eigenvalue weighted by Crippen LogP contribution is -2.30. The van der Waals surface area contributed by atoms with Crippen molar-refractivity contribution in [3.63, 3.8) is 0 Å². The molecule has 0 aliphatic carbocycles. The molecule has 1 aliphatic rings. The van der Waals surface area contributed by atoms with E-state index in [0.29, 0.717) is 24.0 Å². The van der Waals surface area contributed by atoms with Gasteiger partial charge in [0.05, 0.1) is 11.6 Å². The van der Waals surface area contributed by atoms with Crippen molar-refractivity contribution in [3.8, 4) is 0 Å². The molecule has 0 atom stereocenters. The highest BCUT2D eigenvalue weighted by Gasteiger charge is 2.17. The van der Waals surface area contributed by atoms with Crippen LogP contribution in [0.3, 0.4) is 0 Å². The van der Waals surface area contributed by atoms with Crippen molar-refractivity contribution in [3.05, 3.63) is 39.2 Å². The largest absolute Gasteiger partial charge is 0.381 e. The van der Waals surface area contributed by atoms with E-state index in [-0.39, 0.29) is 17.2 Å². The molecular formula is C13H15N3O3. The van der Waals surface area contributed by atoms with Gasteiger partial charge in [-0.15, -0.1) is 0 Å². The number of ether oxygens (including phenoxy) is 1. The summed E-state index contributed by atoms with van der Waals surface area (Å²) in [5, 5.41) is 5.11. The van der Waals surface area contributed by atoms with Gasteiger partial charge in [0.2, 0.25) is 0 Å². The van der Waals surface area contributed by atoms with Crippen LogP contribution >= 0.6 is 0 Å². The van der Waals surface area contributed by atoms with E-state index in [4.69, 9.17) is 4.74 Å². The van der Waals surface area contributed by atoms with Gasteiger partial charge in [0.25, 0.3) is 11.1 Å². The van der Waals surface area contributed by atoms with Gasteiger partial charge in [0.1, 0.15) is 0 Å². The van der Waals surface area contributed by atoms with Gasteiger partial charge in [0, 0.05) is 44.0 Å². The Labute approximate surface area is 109 Å². The van der Waals surface area contributed by atoms with Crippen molar-refractivity contribution >= 4 is 10.8 Å². The third-order valence-corrected chi connectivity index (χ3v) is 3.59. The molecule has 0 saturated carbocycles. The van der Waals surface area contributed by atoms with Crippen LogP contribution in [0.4, 0.5) is 0 Å². The molecule has 1 saturated heterocycles. The Balaban J connectivity index is 2.17. The lowest BCUT2D eigenvalue weighted by molar-refractivity contribution is 0.0688. The molecule has 100 valence electrons. The summed E-state index contributed by atoms with van der Waals surface area (Å²) in [6.07, 6.45) is 5.00. The number of hydrogen-bond donors (Lipinski definition) is 0. The van der Waals surface area contributed by atoms with E-state index in [1.807, 2.05) is 0 Å². The van der Waals surface area contributed by atoms with Crippen molar-refractivity contribution in [1.29, 1.82) is 0 Å². The molecule has 1 fully saturated rings. The van der Waals surface area contributed by atoms with Crippen LogP contribution in [0.2, 0.25) is 0 Å². The Morgan fingerprint density at radius 2 is 2.05 bits per heavy atom. The highest BCUT2D eigenvalue weighted by atomic mass is 16.5. The maximum atomic E-state index is 12.1. The minimum absolute atomic E-state index is 0.136. The maximum absolute atomic E-state index is 12.1. The second-order valence-electron chi connectivity index (χ2n) is 4.80. The third-order valence-electron chi connectivity index (χ3n) is 3.59. The molecule has 0 bridgehead atoms. The van der Waals surface area contributed by atoms with Crippen molar-refractivity contribution in [2.45, 2.75) is 18.9 Å². The molecule has 2 aromatic heterocycles. The van der Waals surface area contributed by atoms with Gasteiger partial charge in [-0.25, -0.2) is 4.68 Å². The van der Waals surface area contributed by atoms with Crippen LogP contribution < -0.4 is 11.1 Å². The van der Waals surface area contributed by atoms with Crippen molar-refractivity contribution in [2.24, 2.45) is 7.05 Å². The molecule has 3 rings (SSSR count). The van der Waals surface area contributed by atoms with Gasteiger partial charge in [-0.05, 0) is 12.8 Å². The molecule has 19 heavy (non-hydrogen) atoms. The predicted octanol–water partition coefficient (Wildman–Crippen LogP) is 0.447. The fraction of sp³-hybridized carbons (Fsp3) is 0.462. The Kier molecular flexibility index (Phi) is 2.94. The first-order chi connectivity index (χ1) is 9.16. The van der Waals surface area contributed by atoms with E-state index in [0.717, 1.165) is 12.8 Å². The zero-order chi connectivity index (χ0) is 13.4. The van der Waals surface area contributed by atoms with E-state index >= 15 is 0 Å². The van der Waals surface area contributed by atoms with Crippen LogP contribution in [0.5, 0.6) is 0 Å². The van der Waals surface area contributed by atoms with Gasteiger partial charge in [0.15, 0.2) is 0 Å². The molecular weight excluding hydrogens is 246 g/mol. The molecule has 2 aromatic rings. The number of hydrogen-bond acceptors (Lipinski definition) is 4. The highest BCUT2D eigenvalue weighted by Crippen LogP contribution is 2.20. The Bertz CT molecular complexity index is 726. The van der Waals surface area contributed by atoms with Gasteiger partial charge in [-0.2, -0.15) is 5.10 Å². The normalized spacial score (nSPS) is 16.9. The molecule has 3 heterocycles. The van der Waals surface area contributed by atoms with Gasteiger partial charge >= 0.3 is 0 Å². The number of aromatic nitrogens is 3. The topological polar surface area (TPSA) is 66.1 Å². The molecule has 0 radical (unpaired) electrons. The summed E-state index contributed by atoms with van der Waals surface area (Å²) in [4.78, 5) is 24.0. The van der Waals surface area contributed by atoms with E-state index in [2.05, 4.69) is 5.10 Å². The summed E-state index contributed by atoms with van der Waals surface area (Å²) in [6.45, 7) is 1.34. The lowest BCUT2D eigenvalue weighted by Gasteiger charge is -2.24. The highest BCUT2D eigenvalue weighted by molar-refractivity contribution is 5.79. The van der Waals surface area contributed by atoms with E-state index < -0.39 is 0 Å². The van der Waals surface area contributed by atoms with E-state index in [1.54, 1.807) is 24.0 Å². The monoisotopic (exact) mass is 261 g/mol. The SMILES string of the molecule is Cn1ncc2cn(C3CCOCC3)c(=O)cc2c1=O. The van der Waals surface area contributed by atoms with E-state index in [1.165, 1.54) is 10.7 Å². The zero-order valence-electron chi connectivity index (χ0n) is 10.7. The van der Waals surface area contributed by atoms with Gasteiger partial charge < -0.3 is 9.30 Å². The molecule has 0 aromatic carbocycles. The predicted molar refractivity (Wildman–Crippen MR) is 70.3 cm³/mol. The molecule has 0 amide bonds. The standard InChI is InChI=1S/C13H15N3O3/c1-15-13(18)11-6-12(17)16(8-9(11)7-14-15)10-2-4-19-5-3-10/h6-8,10H,2-5H2,1H3. The second-order valence-corrected chi connectivity index (χ2v) is 4.80. The van der Waals surface area contributed by atoms with Gasteiger partial charge in [-0.3, -0.25) is 9.59 Å². The maximum Gasteiger partial charge on any atom is 0.274 e. The quantitative estimate of drug-likeness (QED) is 0.747. The molecule has 0 N–H and O–H groups in total. The Morgan fingerprint density at radius 1 is 1.32 bits per heavy atom. The van der Waals surface area contributed by atoms with Crippen LogP contribution in [0.1, 0.15) is 18.9 Å². The number of fused-ring (bicyclic) bond motifs is 1. The first kappa shape index (κ1) is 12.1. The van der Waals surface area contributed by atoms with Gasteiger partial charge in [-0.1, -0.05) is 0 Å². The molecule has 0 unspecified atom stereocenters. The summed E-state index contributed by atoms with van der Waals surface area (Å²) in [6, 6.07) is 1.56.